The summed E-state index contributed by atoms with van der Waals surface area (Å²) in [7, 11) is 0. The van der Waals surface area contributed by atoms with Crippen LogP contribution in [0, 0.1) is 25.7 Å². The average Bonchev–Trinajstić information content (AvgIpc) is 3.67. The minimum Gasteiger partial charge on any atom is -0.507 e. The van der Waals surface area contributed by atoms with Gasteiger partial charge in [0.15, 0.2) is 11.6 Å². The summed E-state index contributed by atoms with van der Waals surface area (Å²) in [6.07, 6.45) is 6.97. The SMILES string of the molecule is CCc1cc(CCC2(C3CCCC3)CC(=O)C(Cc3nc4nc(C)cc(C)n4n3)C(=O)O2)c2c(c1O)CCO2. The summed E-state index contributed by atoms with van der Waals surface area (Å²) >= 11 is 0. The first kappa shape index (κ1) is 25.8. The second kappa shape index (κ2) is 9.92. The van der Waals surface area contributed by atoms with E-state index in [1.807, 2.05) is 32.9 Å². The first-order valence-electron chi connectivity index (χ1n) is 14.2. The molecule has 1 saturated heterocycles. The number of phenols is 1. The van der Waals surface area contributed by atoms with Crippen molar-refractivity contribution in [1.29, 1.82) is 0 Å². The number of aryl methyl sites for hydroxylation is 4. The lowest BCUT2D eigenvalue weighted by Gasteiger charge is -2.43. The number of nitrogens with zero attached hydrogens (tertiary/aromatic N) is 4. The number of hydrogen-bond donors (Lipinski definition) is 1. The number of phenolic OH excluding ortho intramolecular Hbond substituents is 1. The monoisotopic (exact) mass is 532 g/mol. The van der Waals surface area contributed by atoms with Gasteiger partial charge in [-0.25, -0.2) is 9.50 Å². The Bertz CT molecular complexity index is 1440. The largest absolute Gasteiger partial charge is 0.507 e. The van der Waals surface area contributed by atoms with Gasteiger partial charge < -0.3 is 14.6 Å². The third kappa shape index (κ3) is 4.55. The van der Waals surface area contributed by atoms with E-state index >= 15 is 0 Å². The highest BCUT2D eigenvalue weighted by Crippen LogP contribution is 2.47. The van der Waals surface area contributed by atoms with Crippen LogP contribution >= 0.6 is 0 Å². The van der Waals surface area contributed by atoms with Crippen LogP contribution in [-0.4, -0.2) is 48.6 Å². The molecule has 2 fully saturated rings. The van der Waals surface area contributed by atoms with E-state index in [0.29, 0.717) is 43.2 Å². The first-order valence-corrected chi connectivity index (χ1v) is 14.2. The lowest BCUT2D eigenvalue weighted by molar-refractivity contribution is -0.185. The predicted octanol–water partition coefficient (Wildman–Crippen LogP) is 4.18. The van der Waals surface area contributed by atoms with E-state index in [9.17, 15) is 14.7 Å². The van der Waals surface area contributed by atoms with Crippen molar-refractivity contribution in [3.63, 3.8) is 0 Å². The number of cyclic esters (lactones) is 1. The fourth-order valence-corrected chi connectivity index (χ4v) is 6.86. The molecule has 3 aromatic rings. The molecule has 2 unspecified atom stereocenters. The van der Waals surface area contributed by atoms with Crippen molar-refractivity contribution < 1.29 is 24.2 Å². The van der Waals surface area contributed by atoms with E-state index in [-0.39, 0.29) is 24.5 Å². The molecule has 9 nitrogen and oxygen atoms in total. The van der Waals surface area contributed by atoms with Gasteiger partial charge in [-0.05, 0) is 75.1 Å². The molecule has 2 aromatic heterocycles. The number of aromatic nitrogens is 4. The van der Waals surface area contributed by atoms with Crippen molar-refractivity contribution in [3.8, 4) is 11.5 Å². The zero-order valence-corrected chi connectivity index (χ0v) is 23.0. The van der Waals surface area contributed by atoms with Crippen LogP contribution in [0.2, 0.25) is 0 Å². The molecular weight excluding hydrogens is 496 g/mol. The Morgan fingerprint density at radius 3 is 2.67 bits per heavy atom. The molecule has 0 bridgehead atoms. The van der Waals surface area contributed by atoms with Crippen LogP contribution in [-0.2, 0) is 40.0 Å². The van der Waals surface area contributed by atoms with Crippen molar-refractivity contribution in [2.24, 2.45) is 11.8 Å². The number of rotatable bonds is 7. The minimum atomic E-state index is -0.911. The van der Waals surface area contributed by atoms with E-state index in [2.05, 4.69) is 15.1 Å². The lowest BCUT2D eigenvalue weighted by atomic mass is 9.73. The van der Waals surface area contributed by atoms with E-state index in [1.54, 1.807) is 4.52 Å². The highest BCUT2D eigenvalue weighted by molar-refractivity contribution is 6.01. The van der Waals surface area contributed by atoms with Crippen molar-refractivity contribution in [3.05, 3.63) is 46.0 Å². The third-order valence-electron chi connectivity index (χ3n) is 8.90. The van der Waals surface area contributed by atoms with Gasteiger partial charge in [0.2, 0.25) is 0 Å². The van der Waals surface area contributed by atoms with Gasteiger partial charge in [-0.15, -0.1) is 5.10 Å². The maximum atomic E-state index is 13.6. The fraction of sp³-hybridized carbons (Fsp3) is 0.567. The first-order chi connectivity index (χ1) is 18.8. The Morgan fingerprint density at radius 2 is 1.92 bits per heavy atom. The predicted molar refractivity (Wildman–Crippen MR) is 143 cm³/mol. The summed E-state index contributed by atoms with van der Waals surface area (Å²) in [4.78, 5) is 36.0. The van der Waals surface area contributed by atoms with Crippen LogP contribution in [0.1, 0.15) is 79.4 Å². The standard InChI is InChI=1S/C30H36N4O5/c1-4-19-14-20(27-22(26(19)36)10-12-38-27)9-11-30(21-7-5-6-8-21)16-24(35)23(28(37)39-30)15-25-32-29-31-17(2)13-18(3)34(29)33-25/h13-14,21,23,36H,4-12,15-16H2,1-3H3. The van der Waals surface area contributed by atoms with Gasteiger partial charge in [0.25, 0.3) is 5.78 Å². The Morgan fingerprint density at radius 1 is 1.13 bits per heavy atom. The summed E-state index contributed by atoms with van der Waals surface area (Å²) in [5.41, 5.74) is 3.71. The molecule has 1 aromatic carbocycles. The Hall–Kier alpha value is -3.49. The molecular formula is C30H36N4O5. The molecule has 1 N–H and O–H groups in total. The zero-order chi connectivity index (χ0) is 27.3. The van der Waals surface area contributed by atoms with Gasteiger partial charge in [-0.3, -0.25) is 9.59 Å². The van der Waals surface area contributed by atoms with Gasteiger partial charge in [0.05, 0.1) is 6.61 Å². The molecule has 1 aliphatic carbocycles. The second-order valence-corrected chi connectivity index (χ2v) is 11.4. The number of ether oxygens (including phenoxy) is 2. The van der Waals surface area contributed by atoms with Crippen molar-refractivity contribution in [2.75, 3.05) is 6.61 Å². The number of carbonyl (C=O) groups excluding carboxylic acids is 2. The van der Waals surface area contributed by atoms with Crippen LogP contribution in [0.3, 0.4) is 0 Å². The maximum absolute atomic E-state index is 13.6. The van der Waals surface area contributed by atoms with E-state index < -0.39 is 17.5 Å². The maximum Gasteiger partial charge on any atom is 0.317 e. The smallest absolute Gasteiger partial charge is 0.317 e. The van der Waals surface area contributed by atoms with Gasteiger partial charge in [-0.1, -0.05) is 19.8 Å². The lowest BCUT2D eigenvalue weighted by Crippen LogP contribution is -2.52. The van der Waals surface area contributed by atoms with Crippen LogP contribution in [0.4, 0.5) is 0 Å². The number of benzene rings is 1. The molecule has 39 heavy (non-hydrogen) atoms. The van der Waals surface area contributed by atoms with Crippen LogP contribution < -0.4 is 4.74 Å². The molecule has 4 heterocycles. The molecule has 3 aliphatic rings. The Balaban J connectivity index is 1.25. The van der Waals surface area contributed by atoms with Crippen molar-refractivity contribution in [1.82, 2.24) is 19.6 Å². The summed E-state index contributed by atoms with van der Waals surface area (Å²) in [5, 5.41) is 15.2. The fourth-order valence-electron chi connectivity index (χ4n) is 6.86. The van der Waals surface area contributed by atoms with Crippen LogP contribution in [0.25, 0.3) is 5.78 Å². The second-order valence-electron chi connectivity index (χ2n) is 11.4. The van der Waals surface area contributed by atoms with E-state index in [0.717, 1.165) is 65.9 Å². The molecule has 0 spiro atoms. The summed E-state index contributed by atoms with van der Waals surface area (Å²) in [6.45, 7) is 6.40. The third-order valence-corrected chi connectivity index (χ3v) is 8.90. The zero-order valence-electron chi connectivity index (χ0n) is 23.0. The van der Waals surface area contributed by atoms with Crippen molar-refractivity contribution in [2.45, 2.75) is 90.6 Å². The van der Waals surface area contributed by atoms with Gasteiger partial charge in [-0.2, -0.15) is 4.98 Å². The number of fused-ring (bicyclic) bond motifs is 2. The molecule has 206 valence electrons. The molecule has 1 saturated carbocycles. The minimum absolute atomic E-state index is 0.0979. The van der Waals surface area contributed by atoms with Gasteiger partial charge in [0, 0.05) is 36.2 Å². The summed E-state index contributed by atoms with van der Waals surface area (Å²) < 4.78 is 13.9. The van der Waals surface area contributed by atoms with Crippen LogP contribution in [0.5, 0.6) is 11.5 Å². The molecule has 0 radical (unpaired) electrons. The number of ketones is 1. The topological polar surface area (TPSA) is 116 Å². The normalized spacial score (nSPS) is 23.3. The van der Waals surface area contributed by atoms with Crippen molar-refractivity contribution >= 4 is 17.5 Å². The molecule has 2 aliphatic heterocycles. The number of esters is 1. The summed E-state index contributed by atoms with van der Waals surface area (Å²) in [5.74, 6) is 0.659. The molecule has 2 atom stereocenters. The average molecular weight is 533 g/mol. The quantitative estimate of drug-likeness (QED) is 0.356. The Kier molecular flexibility index (Phi) is 6.55. The van der Waals surface area contributed by atoms with E-state index in [1.165, 1.54) is 0 Å². The number of Topliss-reactive ketones (excluding diaryl/α,β-unsaturated/α-hetero) is 1. The number of aromatic hydroxyl groups is 1. The molecule has 9 heteroatoms. The van der Waals surface area contributed by atoms with Gasteiger partial charge in [0.1, 0.15) is 23.0 Å². The number of carbonyl (C=O) groups is 2. The highest BCUT2D eigenvalue weighted by atomic mass is 16.6. The van der Waals surface area contributed by atoms with Crippen LogP contribution in [0.15, 0.2) is 12.1 Å². The number of hydrogen-bond acceptors (Lipinski definition) is 8. The van der Waals surface area contributed by atoms with E-state index in [4.69, 9.17) is 9.47 Å². The van der Waals surface area contributed by atoms with Gasteiger partial charge >= 0.3 is 5.97 Å². The molecule has 0 amide bonds. The summed E-state index contributed by atoms with van der Waals surface area (Å²) in [6, 6.07) is 3.93. The molecule has 6 rings (SSSR count). The Labute approximate surface area is 227 Å². The highest BCUT2D eigenvalue weighted by Gasteiger charge is 2.51.